The third-order valence-corrected chi connectivity index (χ3v) is 2.88. The molecule has 0 aliphatic carbocycles. The highest BCUT2D eigenvalue weighted by Crippen LogP contribution is 2.40. The van der Waals surface area contributed by atoms with E-state index in [1.54, 1.807) is 0 Å². The topological polar surface area (TPSA) is 26.0 Å². The molecule has 0 radical (unpaired) electrons. The minimum absolute atomic E-state index is 0.0460. The minimum atomic E-state index is -4.96. The third kappa shape index (κ3) is 3.31. The van der Waals surface area contributed by atoms with Crippen LogP contribution in [0.5, 0.6) is 0 Å². The Morgan fingerprint density at radius 1 is 1.00 bits per heavy atom. The Morgan fingerprint density at radius 3 is 2.14 bits per heavy atom. The van der Waals surface area contributed by atoms with Gasteiger partial charge in [0, 0.05) is 11.6 Å². The molecule has 9 heteroatoms. The molecule has 0 fully saturated rings. The Kier molecular flexibility index (Phi) is 3.92. The van der Waals surface area contributed by atoms with E-state index >= 15 is 0 Å². The molecule has 0 spiro atoms. The van der Waals surface area contributed by atoms with Crippen molar-refractivity contribution in [3.05, 3.63) is 41.2 Å². The predicted molar refractivity (Wildman–Crippen MR) is 61.5 cm³/mol. The van der Waals surface area contributed by atoms with Crippen molar-refractivity contribution < 1.29 is 30.9 Å². The molecule has 0 unspecified atom stereocenters. The summed E-state index contributed by atoms with van der Waals surface area (Å²) in [5, 5.41) is 3.38. The van der Waals surface area contributed by atoms with Gasteiger partial charge in [-0.1, -0.05) is 11.2 Å². The minimum Gasteiger partial charge on any atom is -0.359 e. The molecule has 0 saturated carbocycles. The molecule has 0 bridgehead atoms. The molecule has 0 amide bonds. The van der Waals surface area contributed by atoms with Crippen LogP contribution in [-0.4, -0.2) is 5.16 Å². The fourth-order valence-corrected chi connectivity index (χ4v) is 1.81. The molecule has 21 heavy (non-hydrogen) atoms. The number of benzene rings is 1. The Morgan fingerprint density at radius 2 is 1.67 bits per heavy atom. The number of hydrogen-bond donors (Lipinski definition) is 0. The molecule has 1 aromatic heterocycles. The average molecular weight is 330 g/mol. The second kappa shape index (κ2) is 5.25. The van der Waals surface area contributed by atoms with Crippen LogP contribution in [0.25, 0.3) is 11.3 Å². The molecule has 114 valence electrons. The van der Waals surface area contributed by atoms with Gasteiger partial charge in [0.1, 0.15) is 5.69 Å². The third-order valence-electron chi connectivity index (χ3n) is 2.62. The van der Waals surface area contributed by atoms with Crippen LogP contribution >= 0.6 is 11.6 Å². The summed E-state index contributed by atoms with van der Waals surface area (Å²) < 4.78 is 81.1. The highest BCUT2D eigenvalue weighted by atomic mass is 35.5. The second-order valence-corrected chi connectivity index (χ2v) is 4.34. The number of nitrogens with zero attached hydrogens (tertiary/aromatic N) is 1. The Hall–Kier alpha value is -1.70. The van der Waals surface area contributed by atoms with Gasteiger partial charge in [-0.15, -0.1) is 11.6 Å². The fraction of sp³-hybridized carbons (Fsp3) is 0.250. The molecule has 2 nitrogen and oxygen atoms in total. The van der Waals surface area contributed by atoms with Gasteiger partial charge >= 0.3 is 12.4 Å². The molecule has 0 aliphatic heterocycles. The van der Waals surface area contributed by atoms with Crippen molar-refractivity contribution in [1.29, 1.82) is 0 Å². The molecule has 0 N–H and O–H groups in total. The van der Waals surface area contributed by atoms with E-state index in [2.05, 4.69) is 9.68 Å². The molecule has 2 rings (SSSR count). The fourth-order valence-electron chi connectivity index (χ4n) is 1.68. The van der Waals surface area contributed by atoms with Crippen molar-refractivity contribution in [2.75, 3.05) is 0 Å². The lowest BCUT2D eigenvalue weighted by Gasteiger charge is -2.14. The van der Waals surface area contributed by atoms with Crippen LogP contribution in [0.3, 0.4) is 0 Å². The first-order valence-electron chi connectivity index (χ1n) is 5.43. The van der Waals surface area contributed by atoms with Gasteiger partial charge in [-0.25, -0.2) is 0 Å². The molecular weight excluding hydrogens is 324 g/mol. The summed E-state index contributed by atoms with van der Waals surface area (Å²) in [7, 11) is 0. The monoisotopic (exact) mass is 329 g/mol. The van der Waals surface area contributed by atoms with E-state index in [0.717, 1.165) is 6.07 Å². The number of halogens is 7. The van der Waals surface area contributed by atoms with E-state index in [0.29, 0.717) is 12.1 Å². The predicted octanol–water partition coefficient (Wildman–Crippen LogP) is 5.12. The lowest BCUT2D eigenvalue weighted by molar-refractivity contribution is -0.142. The highest BCUT2D eigenvalue weighted by molar-refractivity contribution is 6.16. The summed E-state index contributed by atoms with van der Waals surface area (Å²) >= 11 is 5.44. The van der Waals surface area contributed by atoms with Crippen molar-refractivity contribution in [2.24, 2.45) is 0 Å². The lowest BCUT2D eigenvalue weighted by Crippen LogP contribution is -2.12. The first-order chi connectivity index (χ1) is 9.63. The zero-order valence-corrected chi connectivity index (χ0v) is 10.8. The molecule has 0 aliphatic rings. The van der Waals surface area contributed by atoms with Crippen molar-refractivity contribution in [3.63, 3.8) is 0 Å². The smallest absolute Gasteiger partial charge is 0.359 e. The SMILES string of the molecule is FC(F)(F)c1ccc(-c2cc(CCl)on2)c(C(F)(F)F)c1. The Balaban J connectivity index is 2.60. The molecular formula is C12H6ClF6NO. The van der Waals surface area contributed by atoms with Crippen molar-refractivity contribution in [2.45, 2.75) is 18.2 Å². The largest absolute Gasteiger partial charge is 0.417 e. The first kappa shape index (κ1) is 15.7. The maximum absolute atomic E-state index is 12.9. The average Bonchev–Trinajstić information content (AvgIpc) is 2.84. The number of aromatic nitrogens is 1. The van der Waals surface area contributed by atoms with Gasteiger partial charge in [-0.2, -0.15) is 26.3 Å². The van der Waals surface area contributed by atoms with Gasteiger partial charge in [0.05, 0.1) is 17.0 Å². The van der Waals surface area contributed by atoms with Crippen LogP contribution in [-0.2, 0) is 18.2 Å². The van der Waals surface area contributed by atoms with E-state index in [1.165, 1.54) is 0 Å². The van der Waals surface area contributed by atoms with Gasteiger partial charge in [-0.05, 0) is 12.1 Å². The van der Waals surface area contributed by atoms with Crippen LogP contribution in [0, 0.1) is 0 Å². The zero-order chi connectivity index (χ0) is 15.8. The van der Waals surface area contributed by atoms with Crippen molar-refractivity contribution in [1.82, 2.24) is 5.16 Å². The van der Waals surface area contributed by atoms with Gasteiger partial charge in [0.2, 0.25) is 0 Å². The molecule has 1 heterocycles. The van der Waals surface area contributed by atoms with Gasteiger partial charge in [0.25, 0.3) is 0 Å². The number of hydrogen-bond acceptors (Lipinski definition) is 2. The van der Waals surface area contributed by atoms with E-state index in [4.69, 9.17) is 11.6 Å². The van der Waals surface area contributed by atoms with Crippen molar-refractivity contribution >= 4 is 11.6 Å². The molecule has 0 saturated heterocycles. The van der Waals surface area contributed by atoms with Crippen LogP contribution in [0.4, 0.5) is 26.3 Å². The summed E-state index contributed by atoms with van der Waals surface area (Å²) in [6, 6.07) is 2.45. The van der Waals surface area contributed by atoms with Crippen LogP contribution in [0.1, 0.15) is 16.9 Å². The summed E-state index contributed by atoms with van der Waals surface area (Å²) in [5.41, 5.74) is -3.56. The van der Waals surface area contributed by atoms with Gasteiger partial charge in [-0.3, -0.25) is 0 Å². The van der Waals surface area contributed by atoms with E-state index in [9.17, 15) is 26.3 Å². The van der Waals surface area contributed by atoms with E-state index in [-0.39, 0.29) is 23.4 Å². The first-order valence-corrected chi connectivity index (χ1v) is 5.96. The summed E-state index contributed by atoms with van der Waals surface area (Å²) in [6.07, 6.45) is -9.83. The summed E-state index contributed by atoms with van der Waals surface area (Å²) in [5.74, 6) is -0.00526. The summed E-state index contributed by atoms with van der Waals surface area (Å²) in [6.45, 7) is 0. The standard InChI is InChI=1S/C12H6ClF6NO/c13-5-7-4-10(20-21-7)8-2-1-6(11(14,15)16)3-9(8)12(17,18)19/h1-4H,5H2. The van der Waals surface area contributed by atoms with Crippen LogP contribution in [0.2, 0.25) is 0 Å². The lowest BCUT2D eigenvalue weighted by atomic mass is 10.0. The zero-order valence-electron chi connectivity index (χ0n) is 10.0. The van der Waals surface area contributed by atoms with Crippen molar-refractivity contribution in [3.8, 4) is 11.3 Å². The van der Waals surface area contributed by atoms with Gasteiger partial charge in [0.15, 0.2) is 5.76 Å². The Labute approximate surface area is 119 Å². The quantitative estimate of drug-likeness (QED) is 0.564. The Bertz CT molecular complexity index is 646. The van der Waals surface area contributed by atoms with Crippen LogP contribution in [0.15, 0.2) is 28.8 Å². The van der Waals surface area contributed by atoms with Crippen LogP contribution < -0.4 is 0 Å². The maximum atomic E-state index is 12.9. The number of alkyl halides is 7. The number of rotatable bonds is 2. The second-order valence-electron chi connectivity index (χ2n) is 4.07. The normalized spacial score (nSPS) is 12.7. The highest BCUT2D eigenvalue weighted by Gasteiger charge is 2.38. The van der Waals surface area contributed by atoms with Gasteiger partial charge < -0.3 is 4.52 Å². The van der Waals surface area contributed by atoms with E-state index < -0.39 is 29.0 Å². The van der Waals surface area contributed by atoms with E-state index in [1.807, 2.05) is 0 Å². The molecule has 0 atom stereocenters. The molecule has 2 aromatic rings. The molecule has 1 aromatic carbocycles. The summed E-state index contributed by atoms with van der Waals surface area (Å²) in [4.78, 5) is 0. The maximum Gasteiger partial charge on any atom is 0.417 e.